The van der Waals surface area contributed by atoms with Crippen LogP contribution in [0.3, 0.4) is 0 Å². The Hall–Kier alpha value is -2.57. The summed E-state index contributed by atoms with van der Waals surface area (Å²) in [6, 6.07) is 14.0. The van der Waals surface area contributed by atoms with Crippen molar-refractivity contribution in [3.63, 3.8) is 0 Å². The molecule has 2 amide bonds. The van der Waals surface area contributed by atoms with E-state index in [4.69, 9.17) is 21.2 Å². The average molecular weight is 401 g/mol. The summed E-state index contributed by atoms with van der Waals surface area (Å²) < 4.78 is 5.24. The number of likely N-dealkylation sites (tertiary alicyclic amines) is 1. The molecule has 0 aromatic heterocycles. The van der Waals surface area contributed by atoms with E-state index in [1.165, 1.54) is 4.90 Å². The van der Waals surface area contributed by atoms with E-state index < -0.39 is 18.1 Å². The highest BCUT2D eigenvalue weighted by molar-refractivity contribution is 6.30. The van der Waals surface area contributed by atoms with E-state index >= 15 is 0 Å². The maximum atomic E-state index is 13.1. The van der Waals surface area contributed by atoms with Crippen LogP contribution in [0.5, 0.6) is 5.75 Å². The molecular formula is C21H21ClN2O4. The standard InChI is InChI=1S/C21H21ClN2O4/c1-12(2)23-20(25)17-18(13-4-10-16(27-3)11-5-13)24(28-19(17)21(23)26)15-8-6-14(22)7-9-15/h4-12,17-19H,1-3H3/t17-,18-,19-/m0/s1. The summed E-state index contributed by atoms with van der Waals surface area (Å²) in [6.45, 7) is 3.66. The van der Waals surface area contributed by atoms with Crippen LogP contribution in [0, 0.1) is 5.92 Å². The lowest BCUT2D eigenvalue weighted by atomic mass is 9.90. The lowest BCUT2D eigenvalue weighted by molar-refractivity contribution is -0.145. The molecule has 2 heterocycles. The van der Waals surface area contributed by atoms with Gasteiger partial charge in [-0.1, -0.05) is 23.7 Å². The van der Waals surface area contributed by atoms with E-state index in [0.717, 1.165) is 17.0 Å². The van der Waals surface area contributed by atoms with Crippen LogP contribution in [-0.2, 0) is 14.4 Å². The predicted octanol–water partition coefficient (Wildman–Crippen LogP) is 3.60. The molecule has 0 bridgehead atoms. The Kier molecular flexibility index (Phi) is 4.77. The summed E-state index contributed by atoms with van der Waals surface area (Å²) in [7, 11) is 1.60. The zero-order valence-corrected chi connectivity index (χ0v) is 16.6. The SMILES string of the molecule is COc1ccc([C@H]2[C@@H]3C(=O)N(C(C)C)C(=O)[C@H]3ON2c2ccc(Cl)cc2)cc1. The average Bonchev–Trinajstić information content (AvgIpc) is 3.19. The molecule has 0 saturated carbocycles. The molecular weight excluding hydrogens is 380 g/mol. The van der Waals surface area contributed by atoms with Crippen molar-refractivity contribution < 1.29 is 19.2 Å². The molecule has 2 aliphatic rings. The lowest BCUT2D eigenvalue weighted by Gasteiger charge is -2.29. The van der Waals surface area contributed by atoms with Crippen LogP contribution < -0.4 is 9.80 Å². The Morgan fingerprint density at radius 2 is 1.64 bits per heavy atom. The maximum absolute atomic E-state index is 13.1. The number of methoxy groups -OCH3 is 1. The number of nitrogens with zero attached hydrogens (tertiary/aromatic N) is 2. The van der Waals surface area contributed by atoms with Crippen LogP contribution in [0.4, 0.5) is 5.69 Å². The minimum atomic E-state index is -0.835. The van der Waals surface area contributed by atoms with Crippen LogP contribution >= 0.6 is 11.6 Å². The first-order valence-corrected chi connectivity index (χ1v) is 9.52. The number of rotatable bonds is 4. The summed E-state index contributed by atoms with van der Waals surface area (Å²) in [6.07, 6.45) is -0.835. The van der Waals surface area contributed by atoms with Crippen molar-refractivity contribution in [3.8, 4) is 5.75 Å². The minimum Gasteiger partial charge on any atom is -0.497 e. The van der Waals surface area contributed by atoms with Crippen molar-refractivity contribution in [1.29, 1.82) is 0 Å². The van der Waals surface area contributed by atoms with E-state index in [0.29, 0.717) is 5.02 Å². The molecule has 2 fully saturated rings. The summed E-state index contributed by atoms with van der Waals surface area (Å²) in [5.41, 5.74) is 1.60. The second kappa shape index (κ2) is 7.11. The van der Waals surface area contributed by atoms with Gasteiger partial charge in [0.05, 0.1) is 18.8 Å². The monoisotopic (exact) mass is 400 g/mol. The van der Waals surface area contributed by atoms with Gasteiger partial charge in [0.2, 0.25) is 5.91 Å². The summed E-state index contributed by atoms with van der Waals surface area (Å²) in [5, 5.41) is 2.25. The van der Waals surface area contributed by atoms with Gasteiger partial charge in [-0.15, -0.1) is 0 Å². The molecule has 2 aliphatic heterocycles. The summed E-state index contributed by atoms with van der Waals surface area (Å²) in [5.74, 6) is -0.392. The number of anilines is 1. The lowest BCUT2D eigenvalue weighted by Crippen LogP contribution is -2.41. The third-order valence-corrected chi connectivity index (χ3v) is 5.46. The van der Waals surface area contributed by atoms with Crippen LogP contribution in [0.1, 0.15) is 25.5 Å². The van der Waals surface area contributed by atoms with Gasteiger partial charge in [-0.05, 0) is 55.8 Å². The molecule has 6 nitrogen and oxygen atoms in total. The van der Waals surface area contributed by atoms with Crippen LogP contribution in [0.25, 0.3) is 0 Å². The van der Waals surface area contributed by atoms with Crippen LogP contribution in [0.15, 0.2) is 48.5 Å². The largest absolute Gasteiger partial charge is 0.497 e. The molecule has 2 saturated heterocycles. The minimum absolute atomic E-state index is 0.206. The Bertz CT molecular complexity index is 898. The van der Waals surface area contributed by atoms with Crippen molar-refractivity contribution in [1.82, 2.24) is 4.90 Å². The smallest absolute Gasteiger partial charge is 0.262 e. The second-order valence-electron chi connectivity index (χ2n) is 7.21. The number of amides is 2. The Labute approximate surface area is 168 Å². The van der Waals surface area contributed by atoms with Gasteiger partial charge in [-0.3, -0.25) is 19.3 Å². The summed E-state index contributed by atoms with van der Waals surface area (Å²) >= 11 is 6.01. The number of carbonyl (C=O) groups is 2. The highest BCUT2D eigenvalue weighted by Crippen LogP contribution is 2.47. The third kappa shape index (κ3) is 2.93. The van der Waals surface area contributed by atoms with Gasteiger partial charge in [0.25, 0.3) is 5.91 Å². The van der Waals surface area contributed by atoms with Crippen molar-refractivity contribution in [2.24, 2.45) is 5.92 Å². The molecule has 0 aliphatic carbocycles. The third-order valence-electron chi connectivity index (χ3n) is 5.20. The van der Waals surface area contributed by atoms with Crippen molar-refractivity contribution >= 4 is 29.1 Å². The zero-order chi connectivity index (χ0) is 20.0. The number of halogens is 1. The summed E-state index contributed by atoms with van der Waals surface area (Å²) in [4.78, 5) is 33.3. The van der Waals surface area contributed by atoms with Gasteiger partial charge in [-0.2, -0.15) is 0 Å². The molecule has 4 rings (SSSR count). The number of hydrogen-bond donors (Lipinski definition) is 0. The fourth-order valence-corrected chi connectivity index (χ4v) is 4.02. The number of benzene rings is 2. The number of ether oxygens (including phenoxy) is 1. The molecule has 3 atom stereocenters. The highest BCUT2D eigenvalue weighted by Gasteiger charge is 2.60. The van der Waals surface area contributed by atoms with Gasteiger partial charge in [-0.25, -0.2) is 5.06 Å². The first-order chi connectivity index (χ1) is 13.4. The molecule has 0 N–H and O–H groups in total. The number of imide groups is 1. The molecule has 2 aromatic rings. The van der Waals surface area contributed by atoms with Gasteiger partial charge >= 0.3 is 0 Å². The molecule has 146 valence electrons. The van der Waals surface area contributed by atoms with Crippen molar-refractivity contribution in [3.05, 3.63) is 59.1 Å². The first-order valence-electron chi connectivity index (χ1n) is 9.15. The Morgan fingerprint density at radius 3 is 2.21 bits per heavy atom. The van der Waals surface area contributed by atoms with Crippen LogP contribution in [0.2, 0.25) is 5.02 Å². The Morgan fingerprint density at radius 1 is 1.00 bits per heavy atom. The fourth-order valence-electron chi connectivity index (χ4n) is 3.90. The van der Waals surface area contributed by atoms with E-state index in [2.05, 4.69) is 0 Å². The highest BCUT2D eigenvalue weighted by atomic mass is 35.5. The number of hydroxylamine groups is 1. The van der Waals surface area contributed by atoms with Crippen molar-refractivity contribution in [2.75, 3.05) is 12.2 Å². The van der Waals surface area contributed by atoms with Gasteiger partial charge in [0, 0.05) is 11.1 Å². The molecule has 28 heavy (non-hydrogen) atoms. The quantitative estimate of drug-likeness (QED) is 0.734. The molecule has 2 aromatic carbocycles. The topological polar surface area (TPSA) is 59.1 Å². The van der Waals surface area contributed by atoms with E-state index in [1.807, 2.05) is 50.2 Å². The molecule has 0 radical (unpaired) electrons. The molecule has 0 unspecified atom stereocenters. The normalized spacial score (nSPS) is 24.2. The fraction of sp³-hybridized carbons (Fsp3) is 0.333. The number of hydrogen-bond acceptors (Lipinski definition) is 5. The van der Waals surface area contributed by atoms with E-state index in [1.54, 1.807) is 24.3 Å². The van der Waals surface area contributed by atoms with Crippen LogP contribution in [-0.4, -0.2) is 36.0 Å². The predicted molar refractivity (Wildman–Crippen MR) is 105 cm³/mol. The Balaban J connectivity index is 1.78. The van der Waals surface area contributed by atoms with E-state index in [-0.39, 0.29) is 17.9 Å². The number of fused-ring (bicyclic) bond motifs is 1. The van der Waals surface area contributed by atoms with Gasteiger partial charge < -0.3 is 4.74 Å². The molecule has 0 spiro atoms. The first kappa shape index (κ1) is 18.8. The van der Waals surface area contributed by atoms with Gasteiger partial charge in [0.1, 0.15) is 11.7 Å². The zero-order valence-electron chi connectivity index (χ0n) is 15.8. The molecule has 7 heteroatoms. The van der Waals surface area contributed by atoms with Crippen molar-refractivity contribution in [2.45, 2.75) is 32.0 Å². The maximum Gasteiger partial charge on any atom is 0.262 e. The number of carbonyl (C=O) groups excluding carboxylic acids is 2. The van der Waals surface area contributed by atoms with Gasteiger partial charge in [0.15, 0.2) is 6.10 Å². The second-order valence-corrected chi connectivity index (χ2v) is 7.65. The van der Waals surface area contributed by atoms with E-state index in [9.17, 15) is 9.59 Å².